The molecule has 4 aliphatic heterocycles. The van der Waals surface area contributed by atoms with Crippen LogP contribution in [0.3, 0.4) is 0 Å². The summed E-state index contributed by atoms with van der Waals surface area (Å²) >= 11 is 0. The molecule has 0 spiro atoms. The maximum atomic E-state index is 13.4. The predicted octanol–water partition coefficient (Wildman–Crippen LogP) is -5.59. The van der Waals surface area contributed by atoms with Gasteiger partial charge in [-0.2, -0.15) is 0 Å². The molecule has 0 aromatic heterocycles. The molecule has 25 nitrogen and oxygen atoms in total. The monoisotopic (exact) mass is 942 g/mol. The van der Waals surface area contributed by atoms with Crippen LogP contribution in [0.5, 0.6) is 0 Å². The van der Waals surface area contributed by atoms with Crippen LogP contribution >= 0.6 is 0 Å². The van der Waals surface area contributed by atoms with E-state index in [2.05, 4.69) is 16.0 Å². The Hall–Kier alpha value is -2.80. The molecule has 14 N–H and O–H groups in total. The number of carbonyl (C=O) groups is 4. The highest BCUT2D eigenvalue weighted by Crippen LogP contribution is 2.39. The lowest BCUT2D eigenvalue weighted by atomic mass is 9.78. The highest BCUT2D eigenvalue weighted by atomic mass is 16.8. The Balaban J connectivity index is 1.68. The second kappa shape index (κ2) is 22.5. The summed E-state index contributed by atoms with van der Waals surface area (Å²) in [5, 5.41) is 106. The maximum absolute atomic E-state index is 13.4. The molecule has 0 aromatic rings. The van der Waals surface area contributed by atoms with Gasteiger partial charge < -0.3 is 106 Å². The summed E-state index contributed by atoms with van der Waals surface area (Å²) < 4.78 is 47.7. The van der Waals surface area contributed by atoms with Crippen molar-refractivity contribution >= 4 is 23.7 Å². The number of carboxylic acid groups (broad SMARTS) is 1. The van der Waals surface area contributed by atoms with Crippen LogP contribution in [-0.2, 0) is 57.1 Å². The number of rotatable bonds is 17. The van der Waals surface area contributed by atoms with Gasteiger partial charge in [-0.1, -0.05) is 20.8 Å². The summed E-state index contributed by atoms with van der Waals surface area (Å²) in [6, 6.07) is -2.75. The fraction of sp³-hybridized carbons (Fsp3) is 0.900. The number of hydrogen-bond acceptors (Lipinski definition) is 21. The van der Waals surface area contributed by atoms with Gasteiger partial charge in [0, 0.05) is 26.8 Å². The van der Waals surface area contributed by atoms with Gasteiger partial charge in [0.15, 0.2) is 31.1 Å². The number of aliphatic carboxylic acids is 1. The van der Waals surface area contributed by atoms with Crippen LogP contribution in [0.4, 0.5) is 0 Å². The lowest BCUT2D eigenvalue weighted by Gasteiger charge is -2.52. The number of aliphatic hydroxyl groups is 8. The average Bonchev–Trinajstić information content (AvgIpc) is 3.21. The minimum atomic E-state index is -2.24. The van der Waals surface area contributed by atoms with Crippen LogP contribution in [0.15, 0.2) is 0 Å². The number of carboxylic acids is 1. The van der Waals surface area contributed by atoms with Gasteiger partial charge in [-0.15, -0.1) is 0 Å². The van der Waals surface area contributed by atoms with Crippen molar-refractivity contribution in [3.8, 4) is 0 Å². The molecule has 4 saturated heterocycles. The van der Waals surface area contributed by atoms with Crippen LogP contribution in [-0.4, -0.2) is 224 Å². The Bertz CT molecular complexity index is 1600. The molecule has 0 bridgehead atoms. The zero-order valence-electron chi connectivity index (χ0n) is 37.8. The summed E-state index contributed by atoms with van der Waals surface area (Å²) in [4.78, 5) is 51.4. The van der Waals surface area contributed by atoms with E-state index in [4.69, 9.17) is 43.6 Å². The van der Waals surface area contributed by atoms with Crippen molar-refractivity contribution in [1.82, 2.24) is 16.0 Å². The lowest BCUT2D eigenvalue weighted by Crippen LogP contribution is -2.71. The average molecular weight is 943 g/mol. The van der Waals surface area contributed by atoms with Gasteiger partial charge in [-0.3, -0.25) is 14.4 Å². The molecule has 4 fully saturated rings. The van der Waals surface area contributed by atoms with Gasteiger partial charge in [-0.25, -0.2) is 4.79 Å². The SMILES string of the molecule is CC(=O)NC1C(OC2OC(C(=O)NCCCN)C(OC(C)(C)C)C(O)C2O)CC(CO)(CO)OC1OC1C(C(=O)O)OC(OC2C(O)C(CO)OC(C(C)(C)C)C2NC(C)=O)C(O)C1O. The number of carbonyl (C=O) groups excluding carboxylic acids is 3. The number of nitrogens with one attached hydrogen (secondary N) is 3. The molecular formula is C40H70N4O21. The van der Waals surface area contributed by atoms with Crippen LogP contribution in [0, 0.1) is 5.41 Å². The standard InChI is InChI=1S/C40H70N4O21/c1-16(48)43-20-18(59-36-26(54)24(52)29(64-39(6,7)8)30(62-36)33(55)42-11-9-10-41)12-40(14-46,15-47)65-35(20)61-28-23(51)25(53)37(63-31(28)34(56)57)60-27-21(44-17(2)49)32(38(3,4)5)58-19(13-45)22(27)50/h18-32,35-37,45-47,50-54H,9-15,41H2,1-8H3,(H,42,55)(H,43,48)(H,44,49)(H,56,57). The van der Waals surface area contributed by atoms with Gasteiger partial charge in [0.1, 0.15) is 66.6 Å². The second-order valence-corrected chi connectivity index (χ2v) is 18.9. The summed E-state index contributed by atoms with van der Waals surface area (Å²) in [5.74, 6) is -3.88. The predicted molar refractivity (Wildman–Crippen MR) is 218 cm³/mol. The summed E-state index contributed by atoms with van der Waals surface area (Å²) in [5.41, 5.74) is 1.84. The zero-order valence-corrected chi connectivity index (χ0v) is 37.8. The molecule has 65 heavy (non-hydrogen) atoms. The molecule has 25 heteroatoms. The first kappa shape index (κ1) is 54.8. The molecule has 0 saturated carbocycles. The minimum absolute atomic E-state index is 0.118. The Labute approximate surface area is 376 Å². The molecule has 0 aliphatic carbocycles. The van der Waals surface area contributed by atoms with Crippen LogP contribution < -0.4 is 21.7 Å². The Morgan fingerprint density at radius 1 is 0.708 bits per heavy atom. The Kier molecular flexibility index (Phi) is 19.0. The molecule has 0 radical (unpaired) electrons. The van der Waals surface area contributed by atoms with Gasteiger partial charge >= 0.3 is 5.97 Å². The topological polar surface area (TPSA) is 386 Å². The normalized spacial score (nSPS) is 39.0. The van der Waals surface area contributed by atoms with E-state index >= 15 is 0 Å². The van der Waals surface area contributed by atoms with Gasteiger partial charge in [0.2, 0.25) is 11.8 Å². The first-order valence-electron chi connectivity index (χ1n) is 21.5. The van der Waals surface area contributed by atoms with Crippen LogP contribution in [0.25, 0.3) is 0 Å². The van der Waals surface area contributed by atoms with E-state index in [9.17, 15) is 65.1 Å². The molecule has 376 valence electrons. The van der Waals surface area contributed by atoms with Crippen molar-refractivity contribution in [3.05, 3.63) is 0 Å². The van der Waals surface area contributed by atoms with Crippen LogP contribution in [0.1, 0.15) is 68.2 Å². The van der Waals surface area contributed by atoms with E-state index in [1.807, 2.05) is 0 Å². The molecule has 18 unspecified atom stereocenters. The number of ether oxygens (including phenoxy) is 8. The van der Waals surface area contributed by atoms with E-state index in [1.165, 1.54) is 6.92 Å². The highest BCUT2D eigenvalue weighted by Gasteiger charge is 2.58. The Morgan fingerprint density at radius 3 is 1.75 bits per heavy atom. The van der Waals surface area contributed by atoms with Crippen molar-refractivity contribution in [1.29, 1.82) is 0 Å². The fourth-order valence-corrected chi connectivity index (χ4v) is 8.23. The van der Waals surface area contributed by atoms with E-state index in [0.717, 1.165) is 6.92 Å². The number of amides is 3. The number of nitrogens with two attached hydrogens (primary N) is 1. The smallest absolute Gasteiger partial charge is 0.335 e. The zero-order chi connectivity index (χ0) is 48.9. The lowest BCUT2D eigenvalue weighted by molar-refractivity contribution is -0.370. The summed E-state index contributed by atoms with van der Waals surface area (Å²) in [6.45, 7) is 10.2. The highest BCUT2D eigenvalue weighted by molar-refractivity contribution is 5.81. The Morgan fingerprint density at radius 2 is 1.25 bits per heavy atom. The van der Waals surface area contributed by atoms with Crippen molar-refractivity contribution in [3.63, 3.8) is 0 Å². The number of aliphatic hydroxyl groups excluding tert-OH is 8. The molecule has 4 rings (SSSR count). The molecular weight excluding hydrogens is 872 g/mol. The van der Waals surface area contributed by atoms with Crippen molar-refractivity contribution in [2.75, 3.05) is 32.9 Å². The summed E-state index contributed by atoms with van der Waals surface area (Å²) in [6.07, 6.45) is -28.6. The van der Waals surface area contributed by atoms with Gasteiger partial charge in [0.05, 0.1) is 43.7 Å². The van der Waals surface area contributed by atoms with Crippen LogP contribution in [0.2, 0.25) is 0 Å². The van der Waals surface area contributed by atoms with Gasteiger partial charge in [0.25, 0.3) is 5.91 Å². The third kappa shape index (κ3) is 13.3. The molecule has 4 aliphatic rings. The first-order valence-corrected chi connectivity index (χ1v) is 21.5. The fourth-order valence-electron chi connectivity index (χ4n) is 8.23. The first-order chi connectivity index (χ1) is 30.2. The third-order valence-corrected chi connectivity index (χ3v) is 11.4. The van der Waals surface area contributed by atoms with Crippen molar-refractivity contribution < 1.29 is 103 Å². The van der Waals surface area contributed by atoms with E-state index in [1.54, 1.807) is 41.5 Å². The van der Waals surface area contributed by atoms with E-state index < -0.39 is 177 Å². The van der Waals surface area contributed by atoms with Crippen molar-refractivity contribution in [2.45, 2.75) is 190 Å². The second-order valence-electron chi connectivity index (χ2n) is 18.9. The third-order valence-electron chi connectivity index (χ3n) is 11.4. The molecule has 18 atom stereocenters. The van der Waals surface area contributed by atoms with Gasteiger partial charge in [-0.05, 0) is 39.2 Å². The molecule has 0 aromatic carbocycles. The van der Waals surface area contributed by atoms with E-state index in [0.29, 0.717) is 6.42 Å². The largest absolute Gasteiger partial charge is 0.479 e. The quantitative estimate of drug-likeness (QED) is 0.0605. The van der Waals surface area contributed by atoms with E-state index in [-0.39, 0.29) is 13.1 Å². The molecule has 4 heterocycles. The summed E-state index contributed by atoms with van der Waals surface area (Å²) in [7, 11) is 0. The maximum Gasteiger partial charge on any atom is 0.335 e. The van der Waals surface area contributed by atoms with Crippen molar-refractivity contribution in [2.24, 2.45) is 11.1 Å². The molecule has 3 amide bonds. The number of hydrogen-bond donors (Lipinski definition) is 13. The minimum Gasteiger partial charge on any atom is -0.479 e.